The maximum Gasteiger partial charge on any atom is 0.352 e. The minimum Gasteiger partial charge on any atom is -0.477 e. The van der Waals surface area contributed by atoms with E-state index >= 15 is 0 Å². The average Bonchev–Trinajstić information content (AvgIpc) is 3.30. The molecule has 1 saturated carbocycles. The number of benzene rings is 1. The number of hydrogen-bond acceptors (Lipinski definition) is 6. The smallest absolute Gasteiger partial charge is 0.352 e. The third-order valence-electron chi connectivity index (χ3n) is 8.74. The number of carboxylic acids is 1. The Morgan fingerprint density at radius 2 is 2.17 bits per heavy atom. The van der Waals surface area contributed by atoms with Crippen LogP contribution >= 0.6 is 0 Å². The van der Waals surface area contributed by atoms with Crippen molar-refractivity contribution in [3.05, 3.63) is 82.7 Å². The summed E-state index contributed by atoms with van der Waals surface area (Å²) in [6, 6.07) is 13.6. The van der Waals surface area contributed by atoms with Gasteiger partial charge in [-0.2, -0.15) is 5.26 Å². The topological polar surface area (TPSA) is 126 Å². The highest BCUT2D eigenvalue weighted by atomic mass is 19.1. The number of aromatic amines is 1. The number of fused-ring (bicyclic) bond motifs is 1. The van der Waals surface area contributed by atoms with Crippen molar-refractivity contribution in [2.45, 2.75) is 57.3 Å². The second kappa shape index (κ2) is 9.85. The van der Waals surface area contributed by atoms with E-state index in [2.05, 4.69) is 20.6 Å². The number of imidazole rings is 1. The molecule has 1 aliphatic heterocycles. The van der Waals surface area contributed by atoms with Gasteiger partial charge in [0.15, 0.2) is 5.65 Å². The van der Waals surface area contributed by atoms with Crippen LogP contribution in [0.15, 0.2) is 48.5 Å². The Kier molecular flexibility index (Phi) is 6.12. The molecule has 0 bridgehead atoms. The van der Waals surface area contributed by atoms with Crippen LogP contribution in [0.1, 0.15) is 71.2 Å². The highest BCUT2D eigenvalue weighted by molar-refractivity contribution is 5.91. The molecule has 3 unspecified atom stereocenters. The van der Waals surface area contributed by atoms with E-state index in [4.69, 9.17) is 19.7 Å². The maximum absolute atomic E-state index is 14.2. The SMILES string of the molecule is N#Cc1ccc(COc2cccc(C3=CCC4(CC3)CC4c3nc4[nH]c(C(=O)O)cc4n3CC3CCO3)n2)c(F)c1. The van der Waals surface area contributed by atoms with Crippen molar-refractivity contribution in [1.29, 1.82) is 5.26 Å². The first-order chi connectivity index (χ1) is 19.9. The van der Waals surface area contributed by atoms with Gasteiger partial charge < -0.3 is 24.1 Å². The lowest BCUT2D eigenvalue weighted by atomic mass is 9.83. The fraction of sp³-hybridized carbons (Fsp3) is 0.355. The van der Waals surface area contributed by atoms with E-state index in [0.29, 0.717) is 29.6 Å². The van der Waals surface area contributed by atoms with Crippen molar-refractivity contribution < 1.29 is 23.8 Å². The molecule has 1 aromatic carbocycles. The van der Waals surface area contributed by atoms with Crippen LogP contribution in [-0.4, -0.2) is 43.3 Å². The predicted octanol–water partition coefficient (Wildman–Crippen LogP) is 5.58. The number of pyridine rings is 1. The lowest BCUT2D eigenvalue weighted by molar-refractivity contribution is -0.0590. The van der Waals surface area contributed by atoms with Gasteiger partial charge >= 0.3 is 5.97 Å². The normalized spacial score (nSPS) is 23.2. The number of nitrogens with zero attached hydrogens (tertiary/aromatic N) is 4. The molecular formula is C31H28FN5O4. The summed E-state index contributed by atoms with van der Waals surface area (Å²) >= 11 is 0. The van der Waals surface area contributed by atoms with Crippen molar-refractivity contribution in [3.8, 4) is 11.9 Å². The second-order valence-corrected chi connectivity index (χ2v) is 11.2. The quantitative estimate of drug-likeness (QED) is 0.292. The number of rotatable bonds is 8. The first-order valence-electron chi connectivity index (χ1n) is 13.8. The van der Waals surface area contributed by atoms with Gasteiger partial charge in [-0.05, 0) is 67.4 Å². The van der Waals surface area contributed by atoms with Crippen molar-refractivity contribution in [2.24, 2.45) is 5.41 Å². The van der Waals surface area contributed by atoms with Gasteiger partial charge in [-0.1, -0.05) is 18.2 Å². The monoisotopic (exact) mass is 553 g/mol. The second-order valence-electron chi connectivity index (χ2n) is 11.2. The molecule has 7 rings (SSSR count). The molecule has 0 amide bonds. The van der Waals surface area contributed by atoms with Crippen LogP contribution in [0.4, 0.5) is 4.39 Å². The fourth-order valence-corrected chi connectivity index (χ4v) is 6.15. The molecule has 1 saturated heterocycles. The van der Waals surface area contributed by atoms with E-state index in [1.165, 1.54) is 11.6 Å². The van der Waals surface area contributed by atoms with Crippen molar-refractivity contribution in [3.63, 3.8) is 0 Å². The number of allylic oxidation sites excluding steroid dienone is 2. The number of halogens is 1. The summed E-state index contributed by atoms with van der Waals surface area (Å²) in [5.41, 5.74) is 4.39. The number of carbonyl (C=O) groups is 1. The molecule has 41 heavy (non-hydrogen) atoms. The first-order valence-corrected chi connectivity index (χ1v) is 13.8. The molecular weight excluding hydrogens is 525 g/mol. The van der Waals surface area contributed by atoms with Gasteiger partial charge in [0.25, 0.3) is 0 Å². The van der Waals surface area contributed by atoms with Crippen LogP contribution in [0.25, 0.3) is 16.7 Å². The summed E-state index contributed by atoms with van der Waals surface area (Å²) in [4.78, 5) is 24.0. The Hall–Kier alpha value is -4.49. The van der Waals surface area contributed by atoms with Crippen molar-refractivity contribution in [1.82, 2.24) is 19.5 Å². The summed E-state index contributed by atoms with van der Waals surface area (Å²) in [6.45, 7) is 1.47. The number of aromatic nitrogens is 4. The minimum absolute atomic E-state index is 0.0261. The summed E-state index contributed by atoms with van der Waals surface area (Å²) in [7, 11) is 0. The van der Waals surface area contributed by atoms with Crippen molar-refractivity contribution >= 4 is 22.7 Å². The number of ether oxygens (including phenoxy) is 2. The highest BCUT2D eigenvalue weighted by Crippen LogP contribution is 2.66. The van der Waals surface area contributed by atoms with Gasteiger partial charge in [-0.15, -0.1) is 0 Å². The van der Waals surface area contributed by atoms with Crippen LogP contribution in [0, 0.1) is 22.6 Å². The summed E-state index contributed by atoms with van der Waals surface area (Å²) < 4.78 is 27.9. The zero-order valence-corrected chi connectivity index (χ0v) is 22.3. The Bertz CT molecular complexity index is 1750. The van der Waals surface area contributed by atoms with E-state index in [1.54, 1.807) is 24.3 Å². The Balaban J connectivity index is 1.06. The average molecular weight is 554 g/mol. The third kappa shape index (κ3) is 4.66. The molecule has 3 aliphatic rings. The van der Waals surface area contributed by atoms with E-state index < -0.39 is 11.8 Å². The largest absolute Gasteiger partial charge is 0.477 e. The van der Waals surface area contributed by atoms with E-state index in [9.17, 15) is 14.3 Å². The number of carboxylic acid groups (broad SMARTS) is 1. The van der Waals surface area contributed by atoms with Crippen LogP contribution in [0.3, 0.4) is 0 Å². The van der Waals surface area contributed by atoms with Gasteiger partial charge in [-0.3, -0.25) is 0 Å². The van der Waals surface area contributed by atoms with Gasteiger partial charge in [0.1, 0.15) is 23.9 Å². The van der Waals surface area contributed by atoms with Gasteiger partial charge in [0.05, 0.1) is 35.5 Å². The lowest BCUT2D eigenvalue weighted by Gasteiger charge is -2.28. The van der Waals surface area contributed by atoms with Gasteiger partial charge in [-0.25, -0.2) is 19.2 Å². The summed E-state index contributed by atoms with van der Waals surface area (Å²) in [6.07, 6.45) is 7.24. The molecule has 1 spiro atoms. The molecule has 208 valence electrons. The van der Waals surface area contributed by atoms with E-state index in [-0.39, 0.29) is 29.4 Å². The van der Waals surface area contributed by atoms with E-state index in [1.807, 2.05) is 18.2 Å². The number of hydrogen-bond donors (Lipinski definition) is 2. The lowest BCUT2D eigenvalue weighted by Crippen LogP contribution is -2.31. The molecule has 4 heterocycles. The molecule has 10 heteroatoms. The highest BCUT2D eigenvalue weighted by Gasteiger charge is 2.56. The zero-order chi connectivity index (χ0) is 28.1. The maximum atomic E-state index is 14.2. The number of H-pyrrole nitrogens is 1. The van der Waals surface area contributed by atoms with Crippen molar-refractivity contribution in [2.75, 3.05) is 6.61 Å². The number of nitrogens with one attached hydrogen (secondary N) is 1. The van der Waals surface area contributed by atoms with Crippen LogP contribution < -0.4 is 4.74 Å². The van der Waals surface area contributed by atoms with Crippen LogP contribution in [0.5, 0.6) is 5.88 Å². The molecule has 3 atom stereocenters. The molecule has 2 aliphatic carbocycles. The molecule has 2 fully saturated rings. The Morgan fingerprint density at radius 1 is 1.29 bits per heavy atom. The molecule has 4 aromatic rings. The number of aromatic carboxylic acids is 1. The first kappa shape index (κ1) is 25.5. The summed E-state index contributed by atoms with van der Waals surface area (Å²) in [5.74, 6) is 0.277. The summed E-state index contributed by atoms with van der Waals surface area (Å²) in [5, 5.41) is 18.4. The van der Waals surface area contributed by atoms with Crippen LogP contribution in [-0.2, 0) is 17.9 Å². The fourth-order valence-electron chi connectivity index (χ4n) is 6.15. The Morgan fingerprint density at radius 3 is 2.88 bits per heavy atom. The van der Waals surface area contributed by atoms with Gasteiger partial charge in [0.2, 0.25) is 5.88 Å². The zero-order valence-electron chi connectivity index (χ0n) is 22.3. The molecule has 3 aromatic heterocycles. The van der Waals surface area contributed by atoms with E-state index in [0.717, 1.165) is 55.7 Å². The van der Waals surface area contributed by atoms with Crippen LogP contribution in [0.2, 0.25) is 0 Å². The Labute approximate surface area is 235 Å². The molecule has 0 radical (unpaired) electrons. The molecule has 9 nitrogen and oxygen atoms in total. The number of nitriles is 1. The minimum atomic E-state index is -0.992. The third-order valence-corrected chi connectivity index (χ3v) is 8.74. The molecule has 2 N–H and O–H groups in total. The standard InChI is InChI=1S/C31H28FN5O4/c32-23-12-18(15-33)4-5-20(23)17-41-27-3-1-2-24(34-27)19-6-9-31(10-7-19)14-22(31)29-36-28-26(13-25(35-28)30(38)39)37(29)16-21-8-11-40-21/h1-6,12-13,21-22,35H,7-11,14,16-17H2,(H,38,39). The predicted molar refractivity (Wildman–Crippen MR) is 147 cm³/mol. The van der Waals surface area contributed by atoms with Gasteiger partial charge in [0, 0.05) is 24.2 Å².